The summed E-state index contributed by atoms with van der Waals surface area (Å²) in [6.45, 7) is 1.16. The first-order chi connectivity index (χ1) is 18.4. The lowest BCUT2D eigenvalue weighted by atomic mass is 9.78. The fraction of sp³-hybridized carbons (Fsp3) is 0.481. The number of amides is 2. The molecule has 2 bridgehead atoms. The van der Waals surface area contributed by atoms with E-state index in [1.165, 1.54) is 18.2 Å². The van der Waals surface area contributed by atoms with Crippen molar-refractivity contribution in [1.82, 2.24) is 24.8 Å². The van der Waals surface area contributed by atoms with Gasteiger partial charge in [0.25, 0.3) is 11.8 Å². The van der Waals surface area contributed by atoms with Crippen LogP contribution in [0.3, 0.4) is 0 Å². The normalized spacial score (nSPS) is 24.4. The van der Waals surface area contributed by atoms with Crippen molar-refractivity contribution in [3.8, 4) is 5.75 Å². The van der Waals surface area contributed by atoms with Gasteiger partial charge in [0, 0.05) is 56.5 Å². The third-order valence-electron chi connectivity index (χ3n) is 7.84. The van der Waals surface area contributed by atoms with E-state index in [4.69, 9.17) is 20.6 Å². The second-order valence-electron chi connectivity index (χ2n) is 10.5. The summed E-state index contributed by atoms with van der Waals surface area (Å²) < 4.78 is 21.8. The van der Waals surface area contributed by atoms with Gasteiger partial charge in [0.05, 0.1) is 17.3 Å². The number of likely N-dealkylation sites (N-methyl/N-ethyl adjacent to an activating group) is 1. The van der Waals surface area contributed by atoms with Crippen molar-refractivity contribution in [2.24, 2.45) is 5.73 Å². The van der Waals surface area contributed by atoms with Crippen LogP contribution in [-0.2, 0) is 4.79 Å². The molecule has 3 aromatic rings. The Kier molecular flexibility index (Phi) is 6.38. The van der Waals surface area contributed by atoms with Gasteiger partial charge in [0.2, 0.25) is 0 Å². The zero-order chi connectivity index (χ0) is 26.4. The van der Waals surface area contributed by atoms with E-state index in [0.29, 0.717) is 31.2 Å². The van der Waals surface area contributed by atoms with Crippen LogP contribution in [-0.4, -0.2) is 70.6 Å². The third kappa shape index (κ3) is 4.55. The number of hydrogen-bond donors (Lipinski definition) is 2. The summed E-state index contributed by atoms with van der Waals surface area (Å²) in [6, 6.07) is 7.73. The van der Waals surface area contributed by atoms with Crippen LogP contribution in [0.1, 0.15) is 65.8 Å². The van der Waals surface area contributed by atoms with Crippen LogP contribution in [0.5, 0.6) is 5.75 Å². The van der Waals surface area contributed by atoms with Gasteiger partial charge in [0.15, 0.2) is 12.3 Å². The van der Waals surface area contributed by atoms with Crippen molar-refractivity contribution in [3.63, 3.8) is 0 Å². The van der Waals surface area contributed by atoms with E-state index in [2.05, 4.69) is 11.4 Å². The molecule has 0 radical (unpaired) electrons. The summed E-state index contributed by atoms with van der Waals surface area (Å²) >= 11 is 0. The number of carbonyl (C=O) groups excluding carboxylic acids is 2. The highest BCUT2D eigenvalue weighted by atomic mass is 19.1. The molecule has 10 nitrogen and oxygen atoms in total. The average molecular weight is 522 g/mol. The van der Waals surface area contributed by atoms with Crippen LogP contribution >= 0.6 is 0 Å². The van der Waals surface area contributed by atoms with Gasteiger partial charge in [-0.1, -0.05) is 0 Å². The molecule has 200 valence electrons. The Morgan fingerprint density at radius 3 is 2.76 bits per heavy atom. The Morgan fingerprint density at radius 1 is 1.11 bits per heavy atom. The van der Waals surface area contributed by atoms with Crippen LogP contribution in [0.15, 0.2) is 30.3 Å². The number of benzene rings is 1. The summed E-state index contributed by atoms with van der Waals surface area (Å²) in [7, 11) is 1.96. The monoisotopic (exact) mass is 521 g/mol. The van der Waals surface area contributed by atoms with E-state index < -0.39 is 5.82 Å². The number of hydrogen-bond acceptors (Lipinski definition) is 7. The zero-order valence-electron chi connectivity index (χ0n) is 21.4. The molecule has 1 atom stereocenters. The molecule has 1 saturated carbocycles. The van der Waals surface area contributed by atoms with Crippen LogP contribution in [0.4, 0.5) is 10.2 Å². The van der Waals surface area contributed by atoms with Gasteiger partial charge in [-0.15, -0.1) is 0 Å². The Balaban J connectivity index is 1.46. The molecule has 3 aliphatic rings. The smallest absolute Gasteiger partial charge is 0.258 e. The highest BCUT2D eigenvalue weighted by molar-refractivity contribution is 5.97. The zero-order valence-corrected chi connectivity index (χ0v) is 21.4. The van der Waals surface area contributed by atoms with Crippen molar-refractivity contribution in [1.29, 1.82) is 0 Å². The molecule has 6 rings (SSSR count). The minimum atomic E-state index is -0.541. The molecule has 2 fully saturated rings. The second-order valence-corrected chi connectivity index (χ2v) is 10.5. The number of ether oxygens (including phenoxy) is 1. The molecule has 2 aromatic heterocycles. The summed E-state index contributed by atoms with van der Waals surface area (Å²) in [5.74, 6) is 0.127. The van der Waals surface area contributed by atoms with Gasteiger partial charge in [-0.25, -0.2) is 9.37 Å². The number of carbonyl (C=O) groups is 2. The number of halogens is 1. The van der Waals surface area contributed by atoms with Gasteiger partial charge in [-0.05, 0) is 50.3 Å². The lowest BCUT2D eigenvalue weighted by Gasteiger charge is -2.35. The third-order valence-corrected chi connectivity index (χ3v) is 7.84. The Morgan fingerprint density at radius 2 is 1.95 bits per heavy atom. The van der Waals surface area contributed by atoms with Crippen LogP contribution in [0, 0.1) is 5.82 Å². The summed E-state index contributed by atoms with van der Waals surface area (Å²) in [5.41, 5.74) is 8.60. The standard InChI is InChI=1S/C27H32FN7O3/c1-33-9-7-30-25(36)15-38-23-6-5-17(28)12-19(23)27(37)34-8-3-2-4-22(34)21-13-24-31-20(16-10-18(29)11-16)14-26(33)35(24)32-21/h5-6,12-14,16,18,22H,2-4,7-11,15,29H2,1H3,(H,30,36)/t16-,18-,22-/m0/s1. The number of nitrogens with two attached hydrogens (primary N) is 1. The fourth-order valence-electron chi connectivity index (χ4n) is 5.65. The summed E-state index contributed by atoms with van der Waals surface area (Å²) in [6.07, 6.45) is 4.30. The van der Waals surface area contributed by atoms with E-state index >= 15 is 0 Å². The predicted molar refractivity (Wildman–Crippen MR) is 139 cm³/mol. The number of piperidine rings is 1. The van der Waals surface area contributed by atoms with E-state index in [-0.39, 0.29) is 41.8 Å². The van der Waals surface area contributed by atoms with Gasteiger partial charge in [-0.2, -0.15) is 9.61 Å². The van der Waals surface area contributed by atoms with Crippen molar-refractivity contribution >= 4 is 23.3 Å². The summed E-state index contributed by atoms with van der Waals surface area (Å²) in [4.78, 5) is 35.0. The maximum atomic E-state index is 14.3. The number of nitrogens with one attached hydrogen (secondary N) is 1. The fourth-order valence-corrected chi connectivity index (χ4v) is 5.65. The molecular formula is C27H32FN7O3. The highest BCUT2D eigenvalue weighted by Crippen LogP contribution is 2.38. The lowest BCUT2D eigenvalue weighted by Crippen LogP contribution is -2.39. The average Bonchev–Trinajstić information content (AvgIpc) is 3.33. The SMILES string of the molecule is CN1CCNC(=O)COc2ccc(F)cc2C(=O)N2CCCC[C@H]2c2cc3nc([C@H]4C[C@H](N)C4)cc1n3n2. The molecular weight excluding hydrogens is 489 g/mol. The Bertz CT molecular complexity index is 1390. The van der Waals surface area contributed by atoms with Crippen molar-refractivity contribution < 1.29 is 18.7 Å². The molecule has 11 heteroatoms. The number of anilines is 1. The summed E-state index contributed by atoms with van der Waals surface area (Å²) in [5, 5.41) is 7.80. The van der Waals surface area contributed by atoms with Crippen molar-refractivity contribution in [2.45, 2.75) is 50.1 Å². The van der Waals surface area contributed by atoms with Crippen LogP contribution < -0.4 is 20.7 Å². The number of fused-ring (bicyclic) bond motifs is 4. The molecule has 1 aliphatic carbocycles. The Hall–Kier alpha value is -3.73. The van der Waals surface area contributed by atoms with Gasteiger partial charge in [0.1, 0.15) is 17.4 Å². The van der Waals surface area contributed by atoms with Crippen LogP contribution in [0.25, 0.3) is 5.65 Å². The quantitative estimate of drug-likeness (QED) is 0.505. The van der Waals surface area contributed by atoms with E-state index in [9.17, 15) is 14.0 Å². The first-order valence-electron chi connectivity index (χ1n) is 13.2. The molecule has 0 unspecified atom stereocenters. The molecule has 1 saturated heterocycles. The van der Waals surface area contributed by atoms with E-state index in [0.717, 1.165) is 49.3 Å². The minimum absolute atomic E-state index is 0.0997. The molecule has 3 N–H and O–H groups in total. The Labute approximate surface area is 219 Å². The molecule has 2 aliphatic heterocycles. The molecule has 38 heavy (non-hydrogen) atoms. The van der Waals surface area contributed by atoms with Gasteiger partial charge < -0.3 is 25.6 Å². The first-order valence-corrected chi connectivity index (χ1v) is 13.2. The van der Waals surface area contributed by atoms with Crippen molar-refractivity contribution in [3.05, 3.63) is 53.1 Å². The number of nitrogens with zero attached hydrogens (tertiary/aromatic N) is 5. The van der Waals surface area contributed by atoms with Gasteiger partial charge >= 0.3 is 0 Å². The highest BCUT2D eigenvalue weighted by Gasteiger charge is 2.34. The van der Waals surface area contributed by atoms with E-state index in [1.54, 1.807) is 4.90 Å². The van der Waals surface area contributed by atoms with Crippen molar-refractivity contribution in [2.75, 3.05) is 38.2 Å². The molecule has 4 heterocycles. The maximum Gasteiger partial charge on any atom is 0.258 e. The number of aromatic nitrogens is 3. The lowest BCUT2D eigenvalue weighted by molar-refractivity contribution is -0.123. The largest absolute Gasteiger partial charge is 0.483 e. The predicted octanol–water partition coefficient (Wildman–Crippen LogP) is 2.39. The van der Waals surface area contributed by atoms with Gasteiger partial charge in [-0.3, -0.25) is 9.59 Å². The maximum absolute atomic E-state index is 14.3. The van der Waals surface area contributed by atoms with E-state index in [1.807, 2.05) is 22.5 Å². The van der Waals surface area contributed by atoms with Crippen LogP contribution in [0.2, 0.25) is 0 Å². The topological polar surface area (TPSA) is 118 Å². The molecule has 0 spiro atoms. The molecule has 2 amide bonds. The second kappa shape index (κ2) is 9.86. The molecule has 1 aromatic carbocycles. The first kappa shape index (κ1) is 24.6. The number of rotatable bonds is 1. The minimum Gasteiger partial charge on any atom is -0.483 e.